The lowest BCUT2D eigenvalue weighted by Crippen LogP contribution is -2.20. The lowest BCUT2D eigenvalue weighted by molar-refractivity contribution is -0.126. The van der Waals surface area contributed by atoms with Crippen LogP contribution in [0.25, 0.3) is 11.1 Å². The SMILES string of the molecule is COc1ncccc1-c1cc(F)cc(OCC2CC(=O)N(C)C2)c1. The number of nitrogens with zero attached hydrogens (tertiary/aromatic N) is 2. The van der Waals surface area contributed by atoms with Gasteiger partial charge in [0.1, 0.15) is 11.6 Å². The Bertz CT molecular complexity index is 751. The molecule has 1 aromatic heterocycles. The van der Waals surface area contributed by atoms with E-state index in [1.54, 1.807) is 30.3 Å². The number of hydrogen-bond donors (Lipinski definition) is 0. The van der Waals surface area contributed by atoms with Crippen molar-refractivity contribution in [3.05, 3.63) is 42.3 Å². The molecule has 1 aliphatic heterocycles. The van der Waals surface area contributed by atoms with Crippen LogP contribution in [-0.4, -0.2) is 43.1 Å². The molecule has 0 aliphatic carbocycles. The Morgan fingerprint density at radius 2 is 2.21 bits per heavy atom. The van der Waals surface area contributed by atoms with Crippen molar-refractivity contribution in [2.45, 2.75) is 6.42 Å². The second-order valence-corrected chi connectivity index (χ2v) is 5.89. The highest BCUT2D eigenvalue weighted by atomic mass is 19.1. The lowest BCUT2D eigenvalue weighted by atomic mass is 10.1. The average molecular weight is 330 g/mol. The maximum absolute atomic E-state index is 14.0. The van der Waals surface area contributed by atoms with Crippen molar-refractivity contribution in [3.8, 4) is 22.8 Å². The van der Waals surface area contributed by atoms with Crippen LogP contribution in [0.4, 0.5) is 4.39 Å². The average Bonchev–Trinajstić information content (AvgIpc) is 2.90. The molecule has 0 N–H and O–H groups in total. The number of carbonyl (C=O) groups is 1. The quantitative estimate of drug-likeness (QED) is 0.846. The molecule has 0 spiro atoms. The summed E-state index contributed by atoms with van der Waals surface area (Å²) in [6.45, 7) is 1.04. The minimum absolute atomic E-state index is 0.114. The van der Waals surface area contributed by atoms with E-state index in [9.17, 15) is 9.18 Å². The van der Waals surface area contributed by atoms with Gasteiger partial charge in [0.05, 0.1) is 13.7 Å². The zero-order chi connectivity index (χ0) is 17.1. The van der Waals surface area contributed by atoms with Gasteiger partial charge >= 0.3 is 0 Å². The van der Waals surface area contributed by atoms with Gasteiger partial charge in [-0.2, -0.15) is 0 Å². The van der Waals surface area contributed by atoms with E-state index in [2.05, 4.69) is 4.98 Å². The van der Waals surface area contributed by atoms with Gasteiger partial charge in [-0.3, -0.25) is 4.79 Å². The summed E-state index contributed by atoms with van der Waals surface area (Å²) in [5.41, 5.74) is 1.33. The van der Waals surface area contributed by atoms with Crippen LogP contribution in [-0.2, 0) is 4.79 Å². The summed E-state index contributed by atoms with van der Waals surface area (Å²) in [7, 11) is 3.30. The minimum Gasteiger partial charge on any atom is -0.493 e. The van der Waals surface area contributed by atoms with Gasteiger partial charge in [-0.05, 0) is 29.8 Å². The molecule has 1 saturated heterocycles. The summed E-state index contributed by atoms with van der Waals surface area (Å²) in [5, 5.41) is 0. The molecule has 0 radical (unpaired) electrons. The Morgan fingerprint density at radius 3 is 2.92 bits per heavy atom. The van der Waals surface area contributed by atoms with Crippen molar-refractivity contribution < 1.29 is 18.7 Å². The topological polar surface area (TPSA) is 51.7 Å². The first-order valence-corrected chi connectivity index (χ1v) is 7.73. The third kappa shape index (κ3) is 3.48. The zero-order valence-corrected chi connectivity index (χ0v) is 13.7. The molecule has 6 heteroatoms. The van der Waals surface area contributed by atoms with Crippen LogP contribution in [0, 0.1) is 11.7 Å². The molecule has 2 heterocycles. The molecular formula is C18H19FN2O3. The van der Waals surface area contributed by atoms with Crippen molar-refractivity contribution in [1.82, 2.24) is 9.88 Å². The molecule has 1 aromatic carbocycles. The van der Waals surface area contributed by atoms with Gasteiger partial charge in [0.25, 0.3) is 0 Å². The first kappa shape index (κ1) is 16.2. The van der Waals surface area contributed by atoms with Gasteiger partial charge in [-0.15, -0.1) is 0 Å². The summed E-state index contributed by atoms with van der Waals surface area (Å²) >= 11 is 0. The van der Waals surface area contributed by atoms with Crippen LogP contribution in [0.15, 0.2) is 36.5 Å². The molecule has 5 nitrogen and oxygen atoms in total. The van der Waals surface area contributed by atoms with E-state index in [0.717, 1.165) is 0 Å². The van der Waals surface area contributed by atoms with Crippen LogP contribution < -0.4 is 9.47 Å². The van der Waals surface area contributed by atoms with Crippen molar-refractivity contribution in [2.75, 3.05) is 27.3 Å². The Balaban J connectivity index is 1.78. The number of methoxy groups -OCH3 is 1. The highest BCUT2D eigenvalue weighted by molar-refractivity contribution is 5.78. The third-order valence-electron chi connectivity index (χ3n) is 4.05. The Morgan fingerprint density at radius 1 is 1.38 bits per heavy atom. The smallest absolute Gasteiger partial charge is 0.222 e. The molecule has 126 valence electrons. The third-order valence-corrected chi connectivity index (χ3v) is 4.05. The molecule has 24 heavy (non-hydrogen) atoms. The fourth-order valence-corrected chi connectivity index (χ4v) is 2.86. The molecule has 1 atom stereocenters. The highest BCUT2D eigenvalue weighted by Crippen LogP contribution is 2.31. The van der Waals surface area contributed by atoms with Crippen LogP contribution in [0.5, 0.6) is 11.6 Å². The summed E-state index contributed by atoms with van der Waals surface area (Å²) in [6, 6.07) is 8.09. The number of likely N-dealkylation sites (tertiary alicyclic amines) is 1. The standard InChI is InChI=1S/C18H19FN2O3/c1-21-10-12(6-17(21)22)11-24-15-8-13(7-14(19)9-15)16-4-3-5-20-18(16)23-2/h3-5,7-9,12H,6,10-11H2,1-2H3. The molecule has 1 fully saturated rings. The number of hydrogen-bond acceptors (Lipinski definition) is 4. The van der Waals surface area contributed by atoms with Gasteiger partial charge in [0, 0.05) is 43.8 Å². The molecule has 1 amide bonds. The molecule has 2 aromatic rings. The largest absolute Gasteiger partial charge is 0.493 e. The molecular weight excluding hydrogens is 311 g/mol. The number of halogens is 1. The van der Waals surface area contributed by atoms with Crippen molar-refractivity contribution in [2.24, 2.45) is 5.92 Å². The van der Waals surface area contributed by atoms with Gasteiger partial charge in [-0.1, -0.05) is 0 Å². The zero-order valence-electron chi connectivity index (χ0n) is 13.7. The predicted molar refractivity (Wildman–Crippen MR) is 87.4 cm³/mol. The van der Waals surface area contributed by atoms with E-state index in [4.69, 9.17) is 9.47 Å². The van der Waals surface area contributed by atoms with Crippen molar-refractivity contribution in [3.63, 3.8) is 0 Å². The Kier molecular flexibility index (Phi) is 4.64. The fourth-order valence-electron chi connectivity index (χ4n) is 2.86. The van der Waals surface area contributed by atoms with E-state index < -0.39 is 5.82 Å². The Hall–Kier alpha value is -2.63. The van der Waals surface area contributed by atoms with E-state index in [1.807, 2.05) is 6.07 Å². The molecule has 0 saturated carbocycles. The normalized spacial score (nSPS) is 17.2. The number of carbonyl (C=O) groups excluding carboxylic acids is 1. The number of benzene rings is 1. The summed E-state index contributed by atoms with van der Waals surface area (Å²) in [5.74, 6) is 0.703. The minimum atomic E-state index is -0.395. The van der Waals surface area contributed by atoms with Crippen molar-refractivity contribution >= 4 is 5.91 Å². The lowest BCUT2D eigenvalue weighted by Gasteiger charge is -2.13. The van der Waals surface area contributed by atoms with Gasteiger partial charge in [0.15, 0.2) is 0 Å². The predicted octanol–water partition coefficient (Wildman–Crippen LogP) is 2.75. The summed E-state index contributed by atoms with van der Waals surface area (Å²) < 4.78 is 24.9. The van der Waals surface area contributed by atoms with Crippen molar-refractivity contribution in [1.29, 1.82) is 0 Å². The number of ether oxygens (including phenoxy) is 2. The number of aromatic nitrogens is 1. The van der Waals surface area contributed by atoms with Crippen LogP contribution >= 0.6 is 0 Å². The maximum atomic E-state index is 14.0. The fraction of sp³-hybridized carbons (Fsp3) is 0.333. The Labute approximate surface area is 140 Å². The van der Waals surface area contributed by atoms with E-state index in [-0.39, 0.29) is 11.8 Å². The van der Waals surface area contributed by atoms with Crippen LogP contribution in [0.2, 0.25) is 0 Å². The monoisotopic (exact) mass is 330 g/mol. The summed E-state index contributed by atoms with van der Waals surface area (Å²) in [4.78, 5) is 17.4. The number of amides is 1. The van der Waals surface area contributed by atoms with E-state index >= 15 is 0 Å². The first-order chi connectivity index (χ1) is 11.6. The van der Waals surface area contributed by atoms with Crippen LogP contribution in [0.3, 0.4) is 0 Å². The van der Waals surface area contributed by atoms with E-state index in [0.29, 0.717) is 42.3 Å². The van der Waals surface area contributed by atoms with Gasteiger partial charge in [0.2, 0.25) is 11.8 Å². The van der Waals surface area contributed by atoms with E-state index in [1.165, 1.54) is 19.2 Å². The molecule has 3 rings (SSSR count). The van der Waals surface area contributed by atoms with Gasteiger partial charge in [-0.25, -0.2) is 9.37 Å². The van der Waals surface area contributed by atoms with Gasteiger partial charge < -0.3 is 14.4 Å². The second kappa shape index (κ2) is 6.86. The maximum Gasteiger partial charge on any atom is 0.222 e. The molecule has 1 aliphatic rings. The second-order valence-electron chi connectivity index (χ2n) is 5.89. The molecule has 1 unspecified atom stereocenters. The molecule has 0 bridgehead atoms. The summed E-state index contributed by atoms with van der Waals surface area (Å²) in [6.07, 6.45) is 2.09. The number of rotatable bonds is 5. The van der Waals surface area contributed by atoms with Crippen LogP contribution in [0.1, 0.15) is 6.42 Å². The highest BCUT2D eigenvalue weighted by Gasteiger charge is 2.27. The number of pyridine rings is 1. The first-order valence-electron chi connectivity index (χ1n) is 7.73.